The van der Waals surface area contributed by atoms with Gasteiger partial charge < -0.3 is 14.7 Å². The fourth-order valence-corrected chi connectivity index (χ4v) is 7.38. The van der Waals surface area contributed by atoms with Gasteiger partial charge in [0.15, 0.2) is 5.82 Å². The molecule has 0 radical (unpaired) electrons. The van der Waals surface area contributed by atoms with Crippen LogP contribution in [-0.2, 0) is 21.6 Å². The van der Waals surface area contributed by atoms with Crippen LogP contribution in [0.3, 0.4) is 0 Å². The lowest BCUT2D eigenvalue weighted by Gasteiger charge is -2.36. The zero-order valence-corrected chi connectivity index (χ0v) is 31.1. The van der Waals surface area contributed by atoms with Gasteiger partial charge in [-0.2, -0.15) is 0 Å². The summed E-state index contributed by atoms with van der Waals surface area (Å²) in [7, 11) is 0. The van der Waals surface area contributed by atoms with Crippen LogP contribution in [0.25, 0.3) is 22.5 Å². The lowest BCUT2D eigenvalue weighted by molar-refractivity contribution is -0.145. The minimum atomic E-state index is -1.03. The number of pyridine rings is 1. The Kier molecular flexibility index (Phi) is 11.5. The highest BCUT2D eigenvalue weighted by Crippen LogP contribution is 2.43. The number of benzene rings is 5. The van der Waals surface area contributed by atoms with E-state index in [1.54, 1.807) is 19.2 Å². The van der Waals surface area contributed by atoms with E-state index in [9.17, 15) is 9.90 Å². The molecule has 276 valence electrons. The molecule has 0 spiro atoms. The molecule has 0 amide bonds. The van der Waals surface area contributed by atoms with Crippen LogP contribution in [0.15, 0.2) is 158 Å². The second kappa shape index (κ2) is 17.1. The topological polar surface area (TPSA) is 106 Å². The van der Waals surface area contributed by atoms with Crippen molar-refractivity contribution < 1.29 is 14.6 Å². The molecule has 0 aliphatic rings. The third-order valence-electron chi connectivity index (χ3n) is 9.80. The van der Waals surface area contributed by atoms with Gasteiger partial charge in [-0.1, -0.05) is 153 Å². The van der Waals surface area contributed by atoms with Gasteiger partial charge in [0.2, 0.25) is 0 Å². The standard InChI is InChI=1S/C46H44N6O3/c1-3-31-51(44-41(25-16-30-47-44)42(53)32-43(54)55-4-2)33-34-26-28-35(29-27-34)39-23-14-15-24-40(39)45-48-49-50-52(45)46(36-17-8-5-9-18-36,37-19-10-6-11-20-37)38-21-12-7-13-22-38/h5-30,42,53H,3-4,31-33H2,1-2H3. The zero-order valence-electron chi connectivity index (χ0n) is 31.1. The molecule has 2 aromatic heterocycles. The molecule has 1 atom stereocenters. The molecular formula is C46H44N6O3. The Bertz CT molecular complexity index is 2200. The van der Waals surface area contributed by atoms with Gasteiger partial charge >= 0.3 is 5.97 Å². The molecule has 7 aromatic rings. The largest absolute Gasteiger partial charge is 0.466 e. The van der Waals surface area contributed by atoms with Crippen molar-refractivity contribution in [1.82, 2.24) is 25.2 Å². The first-order valence-corrected chi connectivity index (χ1v) is 18.7. The third-order valence-corrected chi connectivity index (χ3v) is 9.80. The average Bonchev–Trinajstić information content (AvgIpc) is 3.73. The van der Waals surface area contributed by atoms with Gasteiger partial charge in [0.1, 0.15) is 11.4 Å². The summed E-state index contributed by atoms with van der Waals surface area (Å²) in [5.41, 5.74) is 6.80. The smallest absolute Gasteiger partial charge is 0.308 e. The van der Waals surface area contributed by atoms with E-state index in [0.717, 1.165) is 51.9 Å². The number of aromatic nitrogens is 5. The van der Waals surface area contributed by atoms with Gasteiger partial charge in [-0.3, -0.25) is 4.79 Å². The Morgan fingerprint density at radius 2 is 1.33 bits per heavy atom. The maximum absolute atomic E-state index is 12.2. The van der Waals surface area contributed by atoms with Gasteiger partial charge in [-0.05, 0) is 63.2 Å². The van der Waals surface area contributed by atoms with Gasteiger partial charge in [-0.15, -0.1) is 5.10 Å². The quantitative estimate of drug-likeness (QED) is 0.0827. The Hall–Kier alpha value is -6.45. The number of anilines is 1. The first kappa shape index (κ1) is 36.9. The molecule has 0 fully saturated rings. The molecule has 9 nitrogen and oxygen atoms in total. The Balaban J connectivity index is 1.26. The van der Waals surface area contributed by atoms with Crippen LogP contribution in [-0.4, -0.2) is 49.4 Å². The highest BCUT2D eigenvalue weighted by atomic mass is 16.5. The van der Waals surface area contributed by atoms with E-state index in [-0.39, 0.29) is 13.0 Å². The lowest BCUT2D eigenvalue weighted by Crippen LogP contribution is -2.39. The van der Waals surface area contributed by atoms with Gasteiger partial charge in [0.05, 0.1) is 19.1 Å². The molecular weight excluding hydrogens is 685 g/mol. The molecule has 5 aromatic carbocycles. The number of ether oxygens (including phenoxy) is 1. The molecule has 0 aliphatic carbocycles. The van der Waals surface area contributed by atoms with Crippen LogP contribution >= 0.6 is 0 Å². The van der Waals surface area contributed by atoms with Crippen molar-refractivity contribution in [2.75, 3.05) is 18.1 Å². The maximum atomic E-state index is 12.2. The fourth-order valence-electron chi connectivity index (χ4n) is 7.38. The van der Waals surface area contributed by atoms with Crippen molar-refractivity contribution in [3.8, 4) is 22.5 Å². The first-order valence-electron chi connectivity index (χ1n) is 18.7. The van der Waals surface area contributed by atoms with Crippen molar-refractivity contribution >= 4 is 11.8 Å². The van der Waals surface area contributed by atoms with Crippen LogP contribution in [0.1, 0.15) is 60.6 Å². The SMILES string of the molecule is CCCN(Cc1ccc(-c2ccccc2-c2nnnn2C(c2ccccc2)(c2ccccc2)c2ccccc2)cc1)c1ncccc1C(O)CC(=O)OCC. The maximum Gasteiger partial charge on any atom is 0.308 e. The number of esters is 1. The highest BCUT2D eigenvalue weighted by molar-refractivity contribution is 5.81. The highest BCUT2D eigenvalue weighted by Gasteiger charge is 2.42. The average molecular weight is 729 g/mol. The van der Waals surface area contributed by atoms with E-state index in [1.165, 1.54) is 0 Å². The predicted molar refractivity (Wildman–Crippen MR) is 215 cm³/mol. The second-order valence-corrected chi connectivity index (χ2v) is 13.3. The van der Waals surface area contributed by atoms with Crippen LogP contribution in [0, 0.1) is 0 Å². The van der Waals surface area contributed by atoms with Crippen molar-refractivity contribution in [3.63, 3.8) is 0 Å². The van der Waals surface area contributed by atoms with Crippen molar-refractivity contribution in [2.45, 2.75) is 44.9 Å². The van der Waals surface area contributed by atoms with Crippen LogP contribution < -0.4 is 4.90 Å². The van der Waals surface area contributed by atoms with E-state index in [1.807, 2.05) is 41.1 Å². The Labute approximate surface area is 321 Å². The molecule has 0 aliphatic heterocycles. The number of hydrogen-bond donors (Lipinski definition) is 1. The summed E-state index contributed by atoms with van der Waals surface area (Å²) < 4.78 is 7.06. The number of carbonyl (C=O) groups is 1. The number of aliphatic hydroxyl groups excluding tert-OH is 1. The summed E-state index contributed by atoms with van der Waals surface area (Å²) >= 11 is 0. The Morgan fingerprint density at radius 1 is 0.745 bits per heavy atom. The molecule has 9 heteroatoms. The predicted octanol–water partition coefficient (Wildman–Crippen LogP) is 8.65. The number of nitrogens with zero attached hydrogens (tertiary/aromatic N) is 6. The second-order valence-electron chi connectivity index (χ2n) is 13.3. The Morgan fingerprint density at radius 3 is 1.91 bits per heavy atom. The monoisotopic (exact) mass is 728 g/mol. The minimum absolute atomic E-state index is 0.132. The van der Waals surface area contributed by atoms with E-state index < -0.39 is 17.6 Å². The van der Waals surface area contributed by atoms with Gasteiger partial charge in [0, 0.05) is 30.4 Å². The normalized spacial score (nSPS) is 11.9. The molecule has 0 saturated carbocycles. The van der Waals surface area contributed by atoms with Crippen LogP contribution in [0.4, 0.5) is 5.82 Å². The van der Waals surface area contributed by atoms with Crippen LogP contribution in [0.2, 0.25) is 0 Å². The summed E-state index contributed by atoms with van der Waals surface area (Å²) in [6.45, 7) is 5.42. The van der Waals surface area contributed by atoms with E-state index >= 15 is 0 Å². The summed E-state index contributed by atoms with van der Waals surface area (Å²) in [4.78, 5) is 19.0. The number of tetrazole rings is 1. The third kappa shape index (κ3) is 7.65. The molecule has 2 heterocycles. The molecule has 1 N–H and O–H groups in total. The van der Waals surface area contributed by atoms with Crippen LogP contribution in [0.5, 0.6) is 0 Å². The molecule has 1 unspecified atom stereocenters. The molecule has 7 rings (SSSR count). The van der Waals surface area contributed by atoms with Gasteiger partial charge in [-0.25, -0.2) is 9.67 Å². The number of hydrogen-bond acceptors (Lipinski definition) is 8. The van der Waals surface area contributed by atoms with E-state index in [2.05, 4.69) is 131 Å². The number of rotatable bonds is 15. The lowest BCUT2D eigenvalue weighted by atomic mass is 9.77. The van der Waals surface area contributed by atoms with E-state index in [0.29, 0.717) is 23.8 Å². The first-order chi connectivity index (χ1) is 27.0. The summed E-state index contributed by atoms with van der Waals surface area (Å²) in [5, 5.41) is 24.8. The minimum Gasteiger partial charge on any atom is -0.466 e. The summed E-state index contributed by atoms with van der Waals surface area (Å²) in [5.74, 6) is 0.846. The fraction of sp³-hybridized carbons (Fsp3) is 0.196. The van der Waals surface area contributed by atoms with Crippen molar-refractivity contribution in [1.29, 1.82) is 0 Å². The van der Waals surface area contributed by atoms with E-state index in [4.69, 9.17) is 15.0 Å². The summed E-state index contributed by atoms with van der Waals surface area (Å²) in [6, 6.07) is 51.5. The summed E-state index contributed by atoms with van der Waals surface area (Å²) in [6.07, 6.45) is 1.43. The molecule has 55 heavy (non-hydrogen) atoms. The van der Waals surface area contributed by atoms with Crippen molar-refractivity contribution in [3.05, 3.63) is 186 Å². The van der Waals surface area contributed by atoms with Gasteiger partial charge in [0.25, 0.3) is 0 Å². The number of aliphatic hydroxyl groups is 1. The zero-order chi connectivity index (χ0) is 38.0. The number of carbonyl (C=O) groups excluding carboxylic acids is 1. The van der Waals surface area contributed by atoms with Crippen molar-refractivity contribution in [2.24, 2.45) is 0 Å². The molecule has 0 saturated heterocycles. The molecule has 0 bridgehead atoms.